The Kier molecular flexibility index (Phi) is 5.21. The summed E-state index contributed by atoms with van der Waals surface area (Å²) in [6, 6.07) is 8.20. The topological polar surface area (TPSA) is 73.1 Å². The van der Waals surface area contributed by atoms with E-state index in [1.807, 2.05) is 0 Å². The number of carbonyl (C=O) groups excluding carboxylic acids is 1. The lowest BCUT2D eigenvalue weighted by Crippen LogP contribution is -2.41. The van der Waals surface area contributed by atoms with E-state index in [1.165, 1.54) is 36.7 Å². The summed E-state index contributed by atoms with van der Waals surface area (Å²) in [5.41, 5.74) is -0.361. The zero-order chi connectivity index (χ0) is 20.4. The Hall–Kier alpha value is -3.55. The van der Waals surface area contributed by atoms with Crippen LogP contribution in [0, 0.1) is 25.5 Å². The van der Waals surface area contributed by atoms with Crippen molar-refractivity contribution in [1.82, 2.24) is 9.13 Å². The lowest BCUT2D eigenvalue weighted by atomic mass is 10.2. The average Bonchev–Trinajstić information content (AvgIpc) is 2.64. The second-order valence-corrected chi connectivity index (χ2v) is 6.37. The minimum atomic E-state index is -0.953. The summed E-state index contributed by atoms with van der Waals surface area (Å²) < 4.78 is 29.3. The number of rotatable bonds is 4. The second kappa shape index (κ2) is 7.59. The summed E-state index contributed by atoms with van der Waals surface area (Å²) in [6.45, 7) is 2.92. The molecule has 1 amide bonds. The highest BCUT2D eigenvalue weighted by Crippen LogP contribution is 2.15. The van der Waals surface area contributed by atoms with Crippen LogP contribution in [0.3, 0.4) is 0 Å². The van der Waals surface area contributed by atoms with Crippen LogP contribution in [0.15, 0.2) is 58.4 Å². The van der Waals surface area contributed by atoms with Crippen LogP contribution >= 0.6 is 0 Å². The van der Waals surface area contributed by atoms with E-state index in [2.05, 4.69) is 5.32 Å². The first-order valence-corrected chi connectivity index (χ1v) is 8.41. The van der Waals surface area contributed by atoms with Gasteiger partial charge in [-0.15, -0.1) is 0 Å². The van der Waals surface area contributed by atoms with Crippen molar-refractivity contribution in [2.45, 2.75) is 20.4 Å². The number of amides is 1. The molecular formula is C20H17F2N3O3. The maximum absolute atomic E-state index is 13.8. The van der Waals surface area contributed by atoms with Gasteiger partial charge in [0.05, 0.1) is 11.4 Å². The molecule has 1 heterocycles. The van der Waals surface area contributed by atoms with Crippen LogP contribution in [0.5, 0.6) is 0 Å². The number of hydrogen-bond donors (Lipinski definition) is 1. The highest BCUT2D eigenvalue weighted by Gasteiger charge is 2.13. The maximum Gasteiger partial charge on any atom is 0.320 e. The van der Waals surface area contributed by atoms with Gasteiger partial charge in [0, 0.05) is 12.4 Å². The number of halogens is 2. The molecule has 6 nitrogen and oxygen atoms in total. The highest BCUT2D eigenvalue weighted by molar-refractivity contribution is 5.90. The second-order valence-electron chi connectivity index (χ2n) is 6.37. The molecule has 0 aliphatic heterocycles. The fourth-order valence-corrected chi connectivity index (χ4v) is 2.73. The van der Waals surface area contributed by atoms with Crippen LogP contribution in [0.4, 0.5) is 14.5 Å². The molecule has 0 radical (unpaired) electrons. The molecule has 0 bridgehead atoms. The molecule has 0 atom stereocenters. The van der Waals surface area contributed by atoms with Crippen LogP contribution in [0.1, 0.15) is 11.1 Å². The molecule has 0 spiro atoms. The fourth-order valence-electron chi connectivity index (χ4n) is 2.73. The van der Waals surface area contributed by atoms with Gasteiger partial charge in [-0.2, -0.15) is 0 Å². The third-order valence-corrected chi connectivity index (χ3v) is 4.20. The molecule has 1 N–H and O–H groups in total. The Bertz CT molecular complexity index is 1180. The van der Waals surface area contributed by atoms with Gasteiger partial charge in [0.1, 0.15) is 18.2 Å². The van der Waals surface area contributed by atoms with E-state index in [1.54, 1.807) is 19.9 Å². The summed E-state index contributed by atoms with van der Waals surface area (Å²) in [5, 5.41) is 2.36. The number of hydrogen-bond acceptors (Lipinski definition) is 3. The van der Waals surface area contributed by atoms with Crippen molar-refractivity contribution in [2.24, 2.45) is 0 Å². The third kappa shape index (κ3) is 3.90. The summed E-state index contributed by atoms with van der Waals surface area (Å²) in [4.78, 5) is 36.9. The first-order valence-electron chi connectivity index (χ1n) is 8.41. The molecule has 144 valence electrons. The quantitative estimate of drug-likeness (QED) is 0.702. The Morgan fingerprint density at radius 3 is 2.46 bits per heavy atom. The van der Waals surface area contributed by atoms with Crippen molar-refractivity contribution in [2.75, 3.05) is 5.32 Å². The number of benzene rings is 2. The van der Waals surface area contributed by atoms with Gasteiger partial charge in [0.2, 0.25) is 5.91 Å². The van der Waals surface area contributed by atoms with E-state index in [4.69, 9.17) is 0 Å². The van der Waals surface area contributed by atoms with Gasteiger partial charge in [-0.1, -0.05) is 12.1 Å². The van der Waals surface area contributed by atoms with Crippen molar-refractivity contribution in [3.63, 3.8) is 0 Å². The van der Waals surface area contributed by atoms with E-state index in [0.717, 1.165) is 15.2 Å². The molecule has 3 rings (SSSR count). The SMILES string of the molecule is Cc1ccc(NC(=O)Cn2ccn(-c3cc(F)ccc3C)c(=O)c2=O)c(F)c1. The van der Waals surface area contributed by atoms with Crippen molar-refractivity contribution < 1.29 is 13.6 Å². The number of anilines is 1. The van der Waals surface area contributed by atoms with E-state index < -0.39 is 35.2 Å². The normalized spacial score (nSPS) is 10.7. The smallest absolute Gasteiger partial charge is 0.320 e. The predicted octanol–water partition coefficient (Wildman–Crippen LogP) is 2.53. The minimum absolute atomic E-state index is 0.0209. The molecule has 0 fully saturated rings. The third-order valence-electron chi connectivity index (χ3n) is 4.20. The zero-order valence-corrected chi connectivity index (χ0v) is 15.2. The molecule has 0 saturated carbocycles. The Morgan fingerprint density at radius 1 is 1.00 bits per heavy atom. The lowest BCUT2D eigenvalue weighted by Gasteiger charge is -2.12. The van der Waals surface area contributed by atoms with Gasteiger partial charge >= 0.3 is 11.1 Å². The first-order chi connectivity index (χ1) is 13.3. The van der Waals surface area contributed by atoms with Gasteiger partial charge in [-0.25, -0.2) is 8.78 Å². The van der Waals surface area contributed by atoms with E-state index in [9.17, 15) is 23.2 Å². The molecule has 0 aliphatic rings. The molecular weight excluding hydrogens is 368 g/mol. The van der Waals surface area contributed by atoms with Crippen molar-refractivity contribution >= 4 is 11.6 Å². The molecule has 0 saturated heterocycles. The van der Waals surface area contributed by atoms with Crippen LogP contribution in [-0.2, 0) is 11.3 Å². The molecule has 8 heteroatoms. The Balaban J connectivity index is 1.87. The number of nitrogens with one attached hydrogen (secondary N) is 1. The van der Waals surface area contributed by atoms with Gasteiger partial charge in [-0.05, 0) is 49.2 Å². The molecule has 3 aromatic rings. The number of nitrogens with zero attached hydrogens (tertiary/aromatic N) is 2. The summed E-state index contributed by atoms with van der Waals surface area (Å²) in [5.74, 6) is -1.81. The summed E-state index contributed by atoms with van der Waals surface area (Å²) in [7, 11) is 0. The summed E-state index contributed by atoms with van der Waals surface area (Å²) >= 11 is 0. The molecule has 0 unspecified atom stereocenters. The number of aromatic nitrogens is 2. The van der Waals surface area contributed by atoms with Crippen LogP contribution in [0.25, 0.3) is 5.69 Å². The monoisotopic (exact) mass is 385 g/mol. The van der Waals surface area contributed by atoms with E-state index in [0.29, 0.717) is 11.1 Å². The van der Waals surface area contributed by atoms with Gasteiger partial charge < -0.3 is 5.32 Å². The molecule has 1 aromatic heterocycles. The van der Waals surface area contributed by atoms with E-state index >= 15 is 0 Å². The van der Waals surface area contributed by atoms with Crippen LogP contribution in [-0.4, -0.2) is 15.0 Å². The fraction of sp³-hybridized carbons (Fsp3) is 0.150. The molecule has 28 heavy (non-hydrogen) atoms. The lowest BCUT2D eigenvalue weighted by molar-refractivity contribution is -0.116. The molecule has 0 aliphatic carbocycles. The van der Waals surface area contributed by atoms with Crippen LogP contribution in [0.2, 0.25) is 0 Å². The minimum Gasteiger partial charge on any atom is -0.322 e. The average molecular weight is 385 g/mol. The molecule has 2 aromatic carbocycles. The van der Waals surface area contributed by atoms with Crippen molar-refractivity contribution in [1.29, 1.82) is 0 Å². The Labute approximate surface area is 158 Å². The van der Waals surface area contributed by atoms with Crippen LogP contribution < -0.4 is 16.4 Å². The predicted molar refractivity (Wildman–Crippen MR) is 101 cm³/mol. The van der Waals surface area contributed by atoms with E-state index in [-0.39, 0.29) is 11.4 Å². The number of carbonyl (C=O) groups is 1. The number of aryl methyl sites for hydroxylation is 2. The van der Waals surface area contributed by atoms with Crippen molar-refractivity contribution in [3.05, 3.63) is 92.3 Å². The van der Waals surface area contributed by atoms with Crippen molar-refractivity contribution in [3.8, 4) is 5.69 Å². The van der Waals surface area contributed by atoms with Gasteiger partial charge in [-0.3, -0.25) is 23.5 Å². The standard InChI is InChI=1S/C20H17F2N3O3/c1-12-3-6-16(15(22)9-12)23-18(26)11-24-7-8-25(20(28)19(24)27)17-10-14(21)5-4-13(17)2/h3-10H,11H2,1-2H3,(H,23,26). The van der Waals surface area contributed by atoms with Gasteiger partial charge in [0.15, 0.2) is 0 Å². The van der Waals surface area contributed by atoms with Gasteiger partial charge in [0.25, 0.3) is 0 Å². The Morgan fingerprint density at radius 2 is 1.75 bits per heavy atom. The highest BCUT2D eigenvalue weighted by atomic mass is 19.1. The largest absolute Gasteiger partial charge is 0.322 e. The zero-order valence-electron chi connectivity index (χ0n) is 15.2. The maximum atomic E-state index is 13.8. The first kappa shape index (κ1) is 19.2. The summed E-state index contributed by atoms with van der Waals surface area (Å²) in [6.07, 6.45) is 2.53.